The van der Waals surface area contributed by atoms with Crippen LogP contribution in [0.15, 0.2) is 47.9 Å². The number of aryl methyl sites for hydroxylation is 1. The smallest absolute Gasteiger partial charge is 0.0586 e. The van der Waals surface area contributed by atoms with Crippen molar-refractivity contribution in [2.45, 2.75) is 31.7 Å². The van der Waals surface area contributed by atoms with Gasteiger partial charge >= 0.3 is 0 Å². The van der Waals surface area contributed by atoms with E-state index in [1.54, 1.807) is 0 Å². The fraction of sp³-hybridized carbons (Fsp3) is 0.333. The Balaban J connectivity index is 1.72. The van der Waals surface area contributed by atoms with E-state index in [1.165, 1.54) is 39.0 Å². The maximum absolute atomic E-state index is 3.65. The van der Waals surface area contributed by atoms with Gasteiger partial charge in [-0.3, -0.25) is 4.90 Å². The van der Waals surface area contributed by atoms with E-state index < -0.39 is 0 Å². The van der Waals surface area contributed by atoms with Gasteiger partial charge in [0.1, 0.15) is 0 Å². The molecule has 24 heavy (non-hydrogen) atoms. The quantitative estimate of drug-likeness (QED) is 0.663. The van der Waals surface area contributed by atoms with Gasteiger partial charge in [-0.15, -0.1) is 11.3 Å². The SMILES string of the molecule is Cc1c(C2=CCC(c3cccs3)(N(C)C)CC2)[nH]c2ccccc12. The first-order chi connectivity index (χ1) is 11.6. The third-order valence-corrected chi connectivity index (χ3v) is 6.68. The summed E-state index contributed by atoms with van der Waals surface area (Å²) in [7, 11) is 4.43. The average Bonchev–Trinajstić information content (AvgIpc) is 3.24. The van der Waals surface area contributed by atoms with Crippen molar-refractivity contribution in [2.75, 3.05) is 14.1 Å². The largest absolute Gasteiger partial charge is 0.355 e. The maximum Gasteiger partial charge on any atom is 0.0586 e. The highest BCUT2D eigenvalue weighted by Gasteiger charge is 2.37. The summed E-state index contributed by atoms with van der Waals surface area (Å²) in [5.41, 5.74) is 5.57. The Morgan fingerprint density at radius 1 is 1.12 bits per heavy atom. The van der Waals surface area contributed by atoms with Crippen molar-refractivity contribution in [3.05, 3.63) is 64.0 Å². The highest BCUT2D eigenvalue weighted by atomic mass is 32.1. The van der Waals surface area contributed by atoms with E-state index in [9.17, 15) is 0 Å². The lowest BCUT2D eigenvalue weighted by Gasteiger charge is -2.41. The van der Waals surface area contributed by atoms with Crippen LogP contribution in [0, 0.1) is 6.92 Å². The molecule has 0 radical (unpaired) electrons. The molecule has 2 aromatic heterocycles. The summed E-state index contributed by atoms with van der Waals surface area (Å²) in [6, 6.07) is 13.1. The molecule has 0 bridgehead atoms. The van der Waals surface area contributed by atoms with Crippen LogP contribution in [-0.2, 0) is 5.54 Å². The number of hydrogen-bond acceptors (Lipinski definition) is 2. The first kappa shape index (κ1) is 15.7. The maximum atomic E-state index is 3.65. The molecule has 2 nitrogen and oxygen atoms in total. The third kappa shape index (κ3) is 2.35. The summed E-state index contributed by atoms with van der Waals surface area (Å²) in [4.78, 5) is 7.54. The Labute approximate surface area is 147 Å². The van der Waals surface area contributed by atoms with Crippen LogP contribution in [-0.4, -0.2) is 24.0 Å². The van der Waals surface area contributed by atoms with Crippen molar-refractivity contribution < 1.29 is 0 Å². The number of thiophene rings is 1. The van der Waals surface area contributed by atoms with Gasteiger partial charge in [0, 0.05) is 21.5 Å². The molecule has 1 aliphatic carbocycles. The predicted octanol–water partition coefficient (Wildman–Crippen LogP) is 5.56. The Hall–Kier alpha value is -1.84. The second-order valence-corrected chi connectivity index (χ2v) is 7.96. The zero-order chi connectivity index (χ0) is 16.7. The number of H-pyrrole nitrogens is 1. The summed E-state index contributed by atoms with van der Waals surface area (Å²) in [5.74, 6) is 0. The number of nitrogens with one attached hydrogen (secondary N) is 1. The number of aromatic amines is 1. The van der Waals surface area contributed by atoms with E-state index in [4.69, 9.17) is 0 Å². The topological polar surface area (TPSA) is 19.0 Å². The van der Waals surface area contributed by atoms with E-state index in [1.807, 2.05) is 11.3 Å². The van der Waals surface area contributed by atoms with Crippen LogP contribution in [0.4, 0.5) is 0 Å². The minimum Gasteiger partial charge on any atom is -0.355 e. The molecule has 0 spiro atoms. The van der Waals surface area contributed by atoms with Crippen molar-refractivity contribution >= 4 is 27.8 Å². The number of aromatic nitrogens is 1. The van der Waals surface area contributed by atoms with Gasteiger partial charge in [0.15, 0.2) is 0 Å². The molecule has 3 heteroatoms. The van der Waals surface area contributed by atoms with Crippen LogP contribution >= 0.6 is 11.3 Å². The predicted molar refractivity (Wildman–Crippen MR) is 105 cm³/mol. The number of fused-ring (bicyclic) bond motifs is 1. The Morgan fingerprint density at radius 2 is 1.96 bits per heavy atom. The summed E-state index contributed by atoms with van der Waals surface area (Å²) in [6.07, 6.45) is 5.82. The van der Waals surface area contributed by atoms with E-state index in [-0.39, 0.29) is 5.54 Å². The summed E-state index contributed by atoms with van der Waals surface area (Å²) < 4.78 is 0. The van der Waals surface area contributed by atoms with Gasteiger partial charge in [-0.2, -0.15) is 0 Å². The van der Waals surface area contributed by atoms with Gasteiger partial charge in [0.2, 0.25) is 0 Å². The molecule has 0 amide bonds. The minimum atomic E-state index is 0.150. The number of benzene rings is 1. The Kier molecular flexibility index (Phi) is 3.86. The number of rotatable bonds is 3. The van der Waals surface area contributed by atoms with E-state index in [2.05, 4.69) is 78.8 Å². The van der Waals surface area contributed by atoms with E-state index in [0.717, 1.165) is 12.8 Å². The number of allylic oxidation sites excluding steroid dienone is 1. The molecule has 0 saturated heterocycles. The molecule has 4 rings (SSSR count). The lowest BCUT2D eigenvalue weighted by molar-refractivity contribution is 0.143. The first-order valence-corrected chi connectivity index (χ1v) is 9.48. The summed E-state index contributed by atoms with van der Waals surface area (Å²) in [6.45, 7) is 2.24. The van der Waals surface area contributed by atoms with Gasteiger partial charge < -0.3 is 4.98 Å². The van der Waals surface area contributed by atoms with Crippen LogP contribution < -0.4 is 0 Å². The second-order valence-electron chi connectivity index (χ2n) is 7.01. The molecule has 1 aromatic carbocycles. The average molecular weight is 337 g/mol. The van der Waals surface area contributed by atoms with E-state index in [0.29, 0.717) is 0 Å². The molecular weight excluding hydrogens is 312 g/mol. The molecule has 3 aromatic rings. The summed E-state index contributed by atoms with van der Waals surface area (Å²) in [5, 5.41) is 3.54. The Morgan fingerprint density at radius 3 is 2.58 bits per heavy atom. The van der Waals surface area contributed by atoms with Gasteiger partial charge in [0.25, 0.3) is 0 Å². The Bertz CT molecular complexity index is 886. The van der Waals surface area contributed by atoms with Crippen LogP contribution in [0.5, 0.6) is 0 Å². The molecular formula is C21H24N2S. The van der Waals surface area contributed by atoms with Crippen LogP contribution in [0.1, 0.15) is 35.4 Å². The highest BCUT2D eigenvalue weighted by Crippen LogP contribution is 2.45. The highest BCUT2D eigenvalue weighted by molar-refractivity contribution is 7.10. The lowest BCUT2D eigenvalue weighted by Crippen LogP contribution is -2.41. The number of nitrogens with zero attached hydrogens (tertiary/aromatic N) is 1. The zero-order valence-electron chi connectivity index (χ0n) is 14.6. The van der Waals surface area contributed by atoms with Crippen LogP contribution in [0.25, 0.3) is 16.5 Å². The first-order valence-electron chi connectivity index (χ1n) is 8.60. The van der Waals surface area contributed by atoms with Gasteiger partial charge in [-0.25, -0.2) is 0 Å². The fourth-order valence-electron chi connectivity index (χ4n) is 4.06. The summed E-state index contributed by atoms with van der Waals surface area (Å²) >= 11 is 1.88. The lowest BCUT2D eigenvalue weighted by atomic mass is 9.79. The minimum absolute atomic E-state index is 0.150. The van der Waals surface area contributed by atoms with Gasteiger partial charge in [-0.05, 0) is 68.9 Å². The second kappa shape index (κ2) is 5.91. The monoisotopic (exact) mass is 336 g/mol. The van der Waals surface area contributed by atoms with Gasteiger partial charge in [0.05, 0.1) is 5.54 Å². The van der Waals surface area contributed by atoms with Crippen molar-refractivity contribution in [3.8, 4) is 0 Å². The standard InChI is InChI=1S/C21H24N2S/c1-15-17-7-4-5-8-18(17)22-20(15)16-10-12-21(13-11-16,23(2)3)19-9-6-14-24-19/h4-10,14,22H,11-13H2,1-3H3. The molecule has 0 saturated carbocycles. The molecule has 2 heterocycles. The molecule has 1 atom stereocenters. The number of hydrogen-bond donors (Lipinski definition) is 1. The van der Waals surface area contributed by atoms with Crippen LogP contribution in [0.2, 0.25) is 0 Å². The van der Waals surface area contributed by atoms with Crippen LogP contribution in [0.3, 0.4) is 0 Å². The fourth-order valence-corrected chi connectivity index (χ4v) is 5.11. The number of para-hydroxylation sites is 1. The van der Waals surface area contributed by atoms with Crippen molar-refractivity contribution in [1.29, 1.82) is 0 Å². The van der Waals surface area contributed by atoms with Crippen molar-refractivity contribution in [3.63, 3.8) is 0 Å². The normalized spacial score (nSPS) is 21.4. The molecule has 0 aliphatic heterocycles. The van der Waals surface area contributed by atoms with Crippen molar-refractivity contribution in [1.82, 2.24) is 9.88 Å². The van der Waals surface area contributed by atoms with E-state index >= 15 is 0 Å². The zero-order valence-corrected chi connectivity index (χ0v) is 15.4. The third-order valence-electron chi connectivity index (χ3n) is 5.62. The van der Waals surface area contributed by atoms with Gasteiger partial charge in [-0.1, -0.05) is 30.3 Å². The van der Waals surface area contributed by atoms with Crippen molar-refractivity contribution in [2.24, 2.45) is 0 Å². The molecule has 1 N–H and O–H groups in total. The molecule has 1 unspecified atom stereocenters. The molecule has 0 fully saturated rings. The molecule has 1 aliphatic rings. The molecule has 124 valence electrons.